The molecule has 0 fully saturated rings. The molecule has 0 amide bonds. The predicted molar refractivity (Wildman–Crippen MR) is 132 cm³/mol. The molecule has 3 aromatic carbocycles. The molecule has 0 aliphatic rings. The number of anilines is 1. The molecule has 7 heteroatoms. The van der Waals surface area contributed by atoms with Crippen LogP contribution in [0.25, 0.3) is 0 Å². The molecule has 0 atom stereocenters. The summed E-state index contributed by atoms with van der Waals surface area (Å²) in [6.45, 7) is 7.80. The second-order valence-corrected chi connectivity index (χ2v) is 10.2. The van der Waals surface area contributed by atoms with Crippen molar-refractivity contribution in [3.63, 3.8) is 0 Å². The minimum Gasteiger partial charge on any atom is -0.466 e. The van der Waals surface area contributed by atoms with Crippen molar-refractivity contribution in [2.45, 2.75) is 45.6 Å². The summed E-state index contributed by atoms with van der Waals surface area (Å²) in [7, 11) is -3.88. The first kappa shape index (κ1) is 24.8. The van der Waals surface area contributed by atoms with Crippen LogP contribution in [0.15, 0.2) is 65.6 Å². The molecule has 0 aromatic heterocycles. The Balaban J connectivity index is 2.05. The van der Waals surface area contributed by atoms with E-state index in [0.717, 1.165) is 16.7 Å². The Hall–Kier alpha value is -2.83. The van der Waals surface area contributed by atoms with E-state index in [9.17, 15) is 13.2 Å². The van der Waals surface area contributed by atoms with E-state index in [1.165, 1.54) is 4.31 Å². The number of sulfonamides is 1. The summed E-state index contributed by atoms with van der Waals surface area (Å²) in [6.07, 6.45) is 0.133. The van der Waals surface area contributed by atoms with Gasteiger partial charge in [0.1, 0.15) is 0 Å². The van der Waals surface area contributed by atoms with Crippen LogP contribution in [0.5, 0.6) is 0 Å². The van der Waals surface area contributed by atoms with Gasteiger partial charge in [-0.15, -0.1) is 0 Å². The molecule has 0 N–H and O–H groups in total. The second kappa shape index (κ2) is 10.4. The standard InChI is InChI=1S/C26H28ClNO4S/c1-5-32-25(29)16-21-8-12-24(13-9-21)28(17-22-6-10-23(27)11-7-22)33(30,31)26-19(3)14-18(2)15-20(26)4/h6-15H,5,16-17H2,1-4H3. The lowest BCUT2D eigenvalue weighted by molar-refractivity contribution is -0.142. The molecule has 3 rings (SSSR count). The number of rotatable bonds is 8. The van der Waals surface area contributed by atoms with Gasteiger partial charge in [0.05, 0.1) is 30.2 Å². The van der Waals surface area contributed by atoms with Gasteiger partial charge < -0.3 is 4.74 Å². The highest BCUT2D eigenvalue weighted by Crippen LogP contribution is 2.31. The molecule has 0 aliphatic heterocycles. The van der Waals surface area contributed by atoms with Gasteiger partial charge >= 0.3 is 5.97 Å². The molecule has 0 radical (unpaired) electrons. The van der Waals surface area contributed by atoms with Gasteiger partial charge in [0.25, 0.3) is 10.0 Å². The third-order valence-electron chi connectivity index (χ3n) is 5.27. The average Bonchev–Trinajstić information content (AvgIpc) is 2.73. The number of carbonyl (C=O) groups excluding carboxylic acids is 1. The maximum atomic E-state index is 13.9. The fourth-order valence-electron chi connectivity index (χ4n) is 3.91. The van der Waals surface area contributed by atoms with Gasteiger partial charge in [-0.3, -0.25) is 9.10 Å². The molecular formula is C26H28ClNO4S. The van der Waals surface area contributed by atoms with Crippen LogP contribution in [0.1, 0.15) is 34.7 Å². The number of aryl methyl sites for hydroxylation is 3. The Morgan fingerprint density at radius 3 is 2.00 bits per heavy atom. The quantitative estimate of drug-likeness (QED) is 0.380. The van der Waals surface area contributed by atoms with E-state index in [2.05, 4.69) is 0 Å². The lowest BCUT2D eigenvalue weighted by atomic mass is 10.1. The van der Waals surface area contributed by atoms with Gasteiger partial charge in [0, 0.05) is 5.02 Å². The van der Waals surface area contributed by atoms with Gasteiger partial charge in [-0.25, -0.2) is 8.42 Å². The number of carbonyl (C=O) groups is 1. The molecule has 33 heavy (non-hydrogen) atoms. The highest BCUT2D eigenvalue weighted by molar-refractivity contribution is 7.92. The first-order chi connectivity index (χ1) is 15.6. The zero-order valence-electron chi connectivity index (χ0n) is 19.3. The number of hydrogen-bond acceptors (Lipinski definition) is 4. The smallest absolute Gasteiger partial charge is 0.310 e. The summed E-state index contributed by atoms with van der Waals surface area (Å²) in [4.78, 5) is 12.1. The number of halogens is 1. The summed E-state index contributed by atoms with van der Waals surface area (Å²) < 4.78 is 34.3. The van der Waals surface area contributed by atoms with Crippen molar-refractivity contribution >= 4 is 33.3 Å². The van der Waals surface area contributed by atoms with Crippen molar-refractivity contribution in [2.75, 3.05) is 10.9 Å². The average molecular weight is 486 g/mol. The van der Waals surface area contributed by atoms with E-state index in [-0.39, 0.29) is 18.9 Å². The van der Waals surface area contributed by atoms with Crippen LogP contribution < -0.4 is 4.31 Å². The van der Waals surface area contributed by atoms with Gasteiger partial charge in [-0.05, 0) is 74.2 Å². The van der Waals surface area contributed by atoms with Crippen LogP contribution in [0.4, 0.5) is 5.69 Å². The normalized spacial score (nSPS) is 11.3. The van der Waals surface area contributed by atoms with Crippen molar-refractivity contribution in [3.8, 4) is 0 Å². The zero-order valence-corrected chi connectivity index (χ0v) is 20.8. The maximum absolute atomic E-state index is 13.9. The van der Waals surface area contributed by atoms with E-state index < -0.39 is 10.0 Å². The Labute approximate surface area is 201 Å². The van der Waals surface area contributed by atoms with Crippen molar-refractivity contribution in [1.29, 1.82) is 0 Å². The Morgan fingerprint density at radius 1 is 0.909 bits per heavy atom. The topological polar surface area (TPSA) is 63.7 Å². The number of benzene rings is 3. The summed E-state index contributed by atoms with van der Waals surface area (Å²) in [5.41, 5.74) is 4.48. The molecular weight excluding hydrogens is 458 g/mol. The number of nitrogens with zero attached hydrogens (tertiary/aromatic N) is 1. The molecule has 0 saturated heterocycles. The van der Waals surface area contributed by atoms with E-state index in [4.69, 9.17) is 16.3 Å². The highest BCUT2D eigenvalue weighted by atomic mass is 35.5. The number of ether oxygens (including phenoxy) is 1. The van der Waals surface area contributed by atoms with E-state index in [0.29, 0.717) is 33.3 Å². The first-order valence-electron chi connectivity index (χ1n) is 10.7. The van der Waals surface area contributed by atoms with Gasteiger partial charge in [-0.2, -0.15) is 0 Å². The molecule has 3 aromatic rings. The van der Waals surface area contributed by atoms with Gasteiger partial charge in [0.15, 0.2) is 0 Å². The van der Waals surface area contributed by atoms with Crippen LogP contribution in [0, 0.1) is 20.8 Å². The Kier molecular flexibility index (Phi) is 7.82. The van der Waals surface area contributed by atoms with Crippen LogP contribution in [0.2, 0.25) is 5.02 Å². The largest absolute Gasteiger partial charge is 0.466 e. The first-order valence-corrected chi connectivity index (χ1v) is 12.5. The van der Waals surface area contributed by atoms with Crippen LogP contribution in [0.3, 0.4) is 0 Å². The molecule has 5 nitrogen and oxygen atoms in total. The Morgan fingerprint density at radius 2 is 1.45 bits per heavy atom. The third kappa shape index (κ3) is 5.95. The molecule has 0 aliphatic carbocycles. The van der Waals surface area contributed by atoms with Crippen LogP contribution in [-0.2, 0) is 32.5 Å². The van der Waals surface area contributed by atoms with E-state index in [1.807, 2.05) is 45.0 Å². The molecule has 0 saturated carbocycles. The molecule has 0 heterocycles. The van der Waals surface area contributed by atoms with Crippen LogP contribution in [-0.4, -0.2) is 21.0 Å². The second-order valence-electron chi connectivity index (χ2n) is 8.01. The number of esters is 1. The minimum atomic E-state index is -3.88. The van der Waals surface area contributed by atoms with Crippen molar-refractivity contribution in [3.05, 3.63) is 93.5 Å². The third-order valence-corrected chi connectivity index (χ3v) is 7.60. The molecule has 0 unspecified atom stereocenters. The molecule has 0 bridgehead atoms. The highest BCUT2D eigenvalue weighted by Gasteiger charge is 2.28. The lowest BCUT2D eigenvalue weighted by Crippen LogP contribution is -2.31. The van der Waals surface area contributed by atoms with Crippen LogP contribution >= 0.6 is 11.6 Å². The number of hydrogen-bond donors (Lipinski definition) is 0. The SMILES string of the molecule is CCOC(=O)Cc1ccc(N(Cc2ccc(Cl)cc2)S(=O)(=O)c2c(C)cc(C)cc2C)cc1. The van der Waals surface area contributed by atoms with Crippen molar-refractivity contribution in [2.24, 2.45) is 0 Å². The van der Waals surface area contributed by atoms with E-state index >= 15 is 0 Å². The van der Waals surface area contributed by atoms with Crippen molar-refractivity contribution in [1.82, 2.24) is 0 Å². The summed E-state index contributed by atoms with van der Waals surface area (Å²) in [5.74, 6) is -0.318. The summed E-state index contributed by atoms with van der Waals surface area (Å²) in [5, 5.41) is 0.585. The fourth-order valence-corrected chi connectivity index (χ4v) is 5.91. The predicted octanol–water partition coefficient (Wildman–Crippen LogP) is 5.77. The fraction of sp³-hybridized carbons (Fsp3) is 0.269. The minimum absolute atomic E-state index is 0.133. The zero-order chi connectivity index (χ0) is 24.2. The monoisotopic (exact) mass is 485 g/mol. The Bertz CT molecular complexity index is 1210. The van der Waals surface area contributed by atoms with Crippen molar-refractivity contribution < 1.29 is 17.9 Å². The van der Waals surface area contributed by atoms with E-state index in [1.54, 1.807) is 43.3 Å². The summed E-state index contributed by atoms with van der Waals surface area (Å²) in [6, 6.07) is 17.8. The van der Waals surface area contributed by atoms with Gasteiger partial charge in [-0.1, -0.05) is 53.6 Å². The van der Waals surface area contributed by atoms with Gasteiger partial charge in [0.2, 0.25) is 0 Å². The molecule has 0 spiro atoms. The maximum Gasteiger partial charge on any atom is 0.310 e. The lowest BCUT2D eigenvalue weighted by Gasteiger charge is -2.27. The summed E-state index contributed by atoms with van der Waals surface area (Å²) >= 11 is 6.02. The molecule has 174 valence electrons.